The maximum Gasteiger partial charge on any atom is 0.0935 e. The van der Waals surface area contributed by atoms with Crippen LogP contribution >= 0.6 is 22.9 Å². The molecular weight excluding hydrogens is 274 g/mol. The molecule has 1 nitrogen and oxygen atoms in total. The molecule has 2 heterocycles. The summed E-state index contributed by atoms with van der Waals surface area (Å²) in [5.41, 5.74) is 3.85. The highest BCUT2D eigenvalue weighted by Gasteiger charge is 2.14. The van der Waals surface area contributed by atoms with Crippen molar-refractivity contribution in [1.29, 1.82) is 0 Å². The minimum atomic E-state index is 0.178. The number of rotatable bonds is 1. The molecule has 0 aliphatic carbocycles. The number of fused-ring (bicyclic) bond motifs is 1. The fourth-order valence-corrected chi connectivity index (χ4v) is 3.21. The lowest BCUT2D eigenvalue weighted by atomic mass is 9.86. The second-order valence-corrected chi connectivity index (χ2v) is 7.55. The van der Waals surface area contributed by atoms with Gasteiger partial charge in [-0.3, -0.25) is 0 Å². The highest BCUT2D eigenvalue weighted by Crippen LogP contribution is 2.33. The van der Waals surface area contributed by atoms with Crippen LogP contribution in [0.2, 0.25) is 4.34 Å². The van der Waals surface area contributed by atoms with Gasteiger partial charge in [-0.05, 0) is 41.3 Å². The Bertz CT molecular complexity index is 731. The molecule has 0 saturated carbocycles. The summed E-state index contributed by atoms with van der Waals surface area (Å²) in [5.74, 6) is 0. The highest BCUT2D eigenvalue weighted by atomic mass is 35.5. The van der Waals surface area contributed by atoms with Crippen molar-refractivity contribution in [1.82, 2.24) is 4.98 Å². The lowest BCUT2D eigenvalue weighted by Gasteiger charge is -2.18. The van der Waals surface area contributed by atoms with Gasteiger partial charge in [-0.25, -0.2) is 0 Å². The molecule has 98 valence electrons. The Morgan fingerprint density at radius 1 is 1.05 bits per heavy atom. The largest absolute Gasteiger partial charge is 0.354 e. The molecule has 0 amide bonds. The fourth-order valence-electron chi connectivity index (χ4n) is 2.19. The number of benzene rings is 1. The third-order valence-corrected chi connectivity index (χ3v) is 4.59. The number of nitrogens with one attached hydrogen (secondary N) is 1. The molecule has 2 aromatic heterocycles. The van der Waals surface area contributed by atoms with Gasteiger partial charge < -0.3 is 4.98 Å². The minimum Gasteiger partial charge on any atom is -0.354 e. The summed E-state index contributed by atoms with van der Waals surface area (Å²) in [6.45, 7) is 6.71. The molecule has 3 aromatic rings. The summed E-state index contributed by atoms with van der Waals surface area (Å²) in [5, 5.41) is 1.26. The topological polar surface area (TPSA) is 15.8 Å². The maximum absolute atomic E-state index is 6.00. The van der Waals surface area contributed by atoms with E-state index in [9.17, 15) is 0 Å². The Balaban J connectivity index is 2.11. The van der Waals surface area contributed by atoms with E-state index in [0.29, 0.717) is 0 Å². The number of aromatic amines is 1. The second kappa shape index (κ2) is 4.39. The average Bonchev–Trinajstić information content (AvgIpc) is 2.92. The van der Waals surface area contributed by atoms with Gasteiger partial charge in [-0.1, -0.05) is 38.4 Å². The third-order valence-electron chi connectivity index (χ3n) is 3.33. The number of hydrogen-bond donors (Lipinski definition) is 1. The Kier molecular flexibility index (Phi) is 2.95. The monoisotopic (exact) mass is 289 g/mol. The molecule has 0 spiro atoms. The Morgan fingerprint density at radius 3 is 2.47 bits per heavy atom. The summed E-state index contributed by atoms with van der Waals surface area (Å²) in [7, 11) is 0. The van der Waals surface area contributed by atoms with E-state index in [1.165, 1.54) is 21.3 Å². The summed E-state index contributed by atoms with van der Waals surface area (Å²) in [4.78, 5) is 4.63. The first kappa shape index (κ1) is 12.8. The van der Waals surface area contributed by atoms with Crippen molar-refractivity contribution in [2.45, 2.75) is 26.2 Å². The molecule has 3 rings (SSSR count). The van der Waals surface area contributed by atoms with Gasteiger partial charge in [-0.15, -0.1) is 11.3 Å². The van der Waals surface area contributed by atoms with Crippen LogP contribution in [0.25, 0.3) is 21.5 Å². The average molecular weight is 290 g/mol. The molecule has 1 N–H and O–H groups in total. The maximum atomic E-state index is 6.00. The van der Waals surface area contributed by atoms with Crippen LogP contribution in [-0.4, -0.2) is 4.98 Å². The van der Waals surface area contributed by atoms with E-state index < -0.39 is 0 Å². The van der Waals surface area contributed by atoms with E-state index in [1.807, 2.05) is 6.07 Å². The van der Waals surface area contributed by atoms with E-state index >= 15 is 0 Å². The van der Waals surface area contributed by atoms with Crippen molar-refractivity contribution >= 4 is 33.8 Å². The summed E-state index contributed by atoms with van der Waals surface area (Å²) < 4.78 is 0.823. The lowest BCUT2D eigenvalue weighted by molar-refractivity contribution is 0.591. The minimum absolute atomic E-state index is 0.178. The van der Waals surface area contributed by atoms with Crippen molar-refractivity contribution in [2.24, 2.45) is 0 Å². The first-order chi connectivity index (χ1) is 8.93. The molecular formula is C16H16ClNS. The van der Waals surface area contributed by atoms with Gasteiger partial charge in [0.05, 0.1) is 14.9 Å². The highest BCUT2D eigenvalue weighted by molar-refractivity contribution is 7.19. The third kappa shape index (κ3) is 2.43. The Labute approximate surface area is 122 Å². The predicted octanol–water partition coefficient (Wildman–Crippen LogP) is 5.85. The molecule has 1 aromatic carbocycles. The van der Waals surface area contributed by atoms with Crippen LogP contribution in [0.4, 0.5) is 0 Å². The van der Waals surface area contributed by atoms with Crippen molar-refractivity contribution < 1.29 is 0 Å². The number of aromatic nitrogens is 1. The van der Waals surface area contributed by atoms with Gasteiger partial charge in [0.1, 0.15) is 0 Å². The molecule has 0 saturated heterocycles. The molecule has 0 aliphatic heterocycles. The van der Waals surface area contributed by atoms with Crippen LogP contribution in [0.15, 0.2) is 36.4 Å². The summed E-state index contributed by atoms with van der Waals surface area (Å²) in [6, 6.07) is 12.8. The van der Waals surface area contributed by atoms with E-state index in [4.69, 9.17) is 11.6 Å². The molecule has 0 fully saturated rings. The van der Waals surface area contributed by atoms with Gasteiger partial charge in [0.15, 0.2) is 0 Å². The van der Waals surface area contributed by atoms with Crippen LogP contribution in [-0.2, 0) is 5.41 Å². The first-order valence-corrected chi connectivity index (χ1v) is 7.52. The van der Waals surface area contributed by atoms with Crippen molar-refractivity contribution in [2.75, 3.05) is 0 Å². The molecule has 0 bridgehead atoms. The zero-order valence-corrected chi connectivity index (χ0v) is 12.8. The number of H-pyrrole nitrogens is 1. The van der Waals surface area contributed by atoms with Gasteiger partial charge in [0, 0.05) is 10.9 Å². The number of halogens is 1. The van der Waals surface area contributed by atoms with Crippen LogP contribution < -0.4 is 0 Å². The molecule has 0 atom stereocenters. The van der Waals surface area contributed by atoms with Crippen LogP contribution in [0.5, 0.6) is 0 Å². The second-order valence-electron chi connectivity index (χ2n) is 5.84. The van der Waals surface area contributed by atoms with Gasteiger partial charge in [0.25, 0.3) is 0 Å². The normalized spacial score (nSPS) is 12.2. The number of thiophene rings is 1. The fraction of sp³-hybridized carbons (Fsp3) is 0.250. The van der Waals surface area contributed by atoms with Crippen molar-refractivity contribution in [3.05, 3.63) is 46.3 Å². The lowest BCUT2D eigenvalue weighted by Crippen LogP contribution is -2.10. The van der Waals surface area contributed by atoms with Crippen LogP contribution in [0, 0.1) is 0 Å². The summed E-state index contributed by atoms with van der Waals surface area (Å²) in [6.07, 6.45) is 0. The van der Waals surface area contributed by atoms with Crippen LogP contribution in [0.1, 0.15) is 26.3 Å². The van der Waals surface area contributed by atoms with Gasteiger partial charge in [0.2, 0.25) is 0 Å². The molecule has 0 unspecified atom stereocenters. The smallest absolute Gasteiger partial charge is 0.0935 e. The molecule has 0 aliphatic rings. The van der Waals surface area contributed by atoms with Gasteiger partial charge in [-0.2, -0.15) is 0 Å². The van der Waals surface area contributed by atoms with E-state index in [-0.39, 0.29) is 5.41 Å². The predicted molar refractivity (Wildman–Crippen MR) is 85.3 cm³/mol. The zero-order valence-electron chi connectivity index (χ0n) is 11.3. The molecule has 3 heteroatoms. The Hall–Kier alpha value is -1.25. The van der Waals surface area contributed by atoms with Crippen molar-refractivity contribution in [3.63, 3.8) is 0 Å². The van der Waals surface area contributed by atoms with E-state index in [0.717, 1.165) is 10.0 Å². The first-order valence-electron chi connectivity index (χ1n) is 6.32. The van der Waals surface area contributed by atoms with Crippen LogP contribution in [0.3, 0.4) is 0 Å². The van der Waals surface area contributed by atoms with Gasteiger partial charge >= 0.3 is 0 Å². The van der Waals surface area contributed by atoms with E-state index in [1.54, 1.807) is 11.3 Å². The SMILES string of the molecule is CC(C)(C)c1ccc2[nH]c(-c3ccc(Cl)s3)cc2c1. The molecule has 0 radical (unpaired) electrons. The molecule has 19 heavy (non-hydrogen) atoms. The zero-order chi connectivity index (χ0) is 13.6. The summed E-state index contributed by atoms with van der Waals surface area (Å²) >= 11 is 7.60. The van der Waals surface area contributed by atoms with Crippen molar-refractivity contribution in [3.8, 4) is 10.6 Å². The Morgan fingerprint density at radius 2 is 1.84 bits per heavy atom. The quantitative estimate of drug-likeness (QED) is 0.578. The standard InChI is InChI=1S/C16H16ClNS/c1-16(2,3)11-4-5-12-10(8-11)9-13(18-12)14-6-7-15(17)19-14/h4-9,18H,1-3H3. The van der Waals surface area contributed by atoms with E-state index in [2.05, 4.69) is 56.1 Å². The number of hydrogen-bond acceptors (Lipinski definition) is 1.